The molecule has 1 heterocycles. The number of aryl methyl sites for hydroxylation is 2. The van der Waals surface area contributed by atoms with Crippen LogP contribution >= 0.6 is 11.8 Å². The summed E-state index contributed by atoms with van der Waals surface area (Å²) in [5.74, 6) is 0.707. The number of hydrogen-bond acceptors (Lipinski definition) is 5. The molecule has 1 unspecified atom stereocenters. The Balaban J connectivity index is 1.80. The zero-order chi connectivity index (χ0) is 18.4. The predicted molar refractivity (Wildman–Crippen MR) is 103 cm³/mol. The summed E-state index contributed by atoms with van der Waals surface area (Å²) >= 11 is 1.33. The van der Waals surface area contributed by atoms with E-state index in [4.69, 9.17) is 5.73 Å². The molecule has 1 atom stereocenters. The highest BCUT2D eigenvalue weighted by atomic mass is 32.2. The first-order valence-electron chi connectivity index (χ1n) is 8.42. The van der Waals surface area contributed by atoms with Gasteiger partial charge in [-0.05, 0) is 37.0 Å². The van der Waals surface area contributed by atoms with Crippen LogP contribution in [0.1, 0.15) is 48.3 Å². The van der Waals surface area contributed by atoms with E-state index in [1.165, 1.54) is 17.3 Å². The summed E-state index contributed by atoms with van der Waals surface area (Å²) in [6.07, 6.45) is 0. The van der Waals surface area contributed by atoms with Crippen LogP contribution in [0.25, 0.3) is 0 Å². The van der Waals surface area contributed by atoms with Gasteiger partial charge in [0.1, 0.15) is 0 Å². The molecule has 2 aromatic rings. The second-order valence-corrected chi connectivity index (χ2v) is 7.40. The zero-order valence-corrected chi connectivity index (χ0v) is 16.1. The minimum atomic E-state index is -0.215. The summed E-state index contributed by atoms with van der Waals surface area (Å²) in [6, 6.07) is 9.94. The van der Waals surface area contributed by atoms with Gasteiger partial charge in [0.05, 0.1) is 5.75 Å². The molecule has 0 bridgehead atoms. The Kier molecular flexibility index (Phi) is 6.96. The molecule has 0 radical (unpaired) electrons. The Morgan fingerprint density at radius 2 is 1.68 bits per heavy atom. The number of amides is 1. The van der Waals surface area contributed by atoms with Gasteiger partial charge < -0.3 is 11.1 Å². The van der Waals surface area contributed by atoms with Crippen molar-refractivity contribution in [3.8, 4) is 0 Å². The topological polar surface area (TPSA) is 80.9 Å². The average Bonchev–Trinajstić information content (AvgIpc) is 2.57. The maximum atomic E-state index is 12.0. The molecule has 0 saturated heterocycles. The van der Waals surface area contributed by atoms with E-state index < -0.39 is 0 Å². The van der Waals surface area contributed by atoms with Crippen molar-refractivity contribution in [2.75, 3.05) is 12.3 Å². The quantitative estimate of drug-likeness (QED) is 0.587. The molecule has 134 valence electrons. The first kappa shape index (κ1) is 19.4. The molecule has 0 saturated carbocycles. The van der Waals surface area contributed by atoms with Crippen molar-refractivity contribution < 1.29 is 4.79 Å². The van der Waals surface area contributed by atoms with Crippen LogP contribution in [-0.2, 0) is 4.79 Å². The number of nitrogens with two attached hydrogens (primary N) is 1. The average molecular weight is 359 g/mol. The monoisotopic (exact) mass is 358 g/mol. The number of thioether (sulfide) groups is 1. The highest BCUT2D eigenvalue weighted by molar-refractivity contribution is 7.99. The van der Waals surface area contributed by atoms with Crippen molar-refractivity contribution in [2.24, 2.45) is 5.73 Å². The molecule has 2 rings (SSSR count). The van der Waals surface area contributed by atoms with E-state index in [-0.39, 0.29) is 17.7 Å². The SMILES string of the molecule is Cc1cc(C)nc(SCC(=O)NCC(N)c2ccc(C(C)C)cc2)n1. The minimum absolute atomic E-state index is 0.0676. The Hall–Kier alpha value is -1.92. The first-order chi connectivity index (χ1) is 11.8. The number of aromatic nitrogens is 2. The van der Waals surface area contributed by atoms with E-state index in [0.29, 0.717) is 17.6 Å². The van der Waals surface area contributed by atoms with Crippen LogP contribution in [0.15, 0.2) is 35.5 Å². The standard InChI is InChI=1S/C19H26N4OS/c1-12(2)15-5-7-16(8-6-15)17(20)10-21-18(24)11-25-19-22-13(3)9-14(4)23-19/h5-9,12,17H,10-11,20H2,1-4H3,(H,21,24). The number of rotatable bonds is 7. The summed E-state index contributed by atoms with van der Waals surface area (Å²) < 4.78 is 0. The molecule has 6 heteroatoms. The lowest BCUT2D eigenvalue weighted by molar-refractivity contribution is -0.118. The smallest absolute Gasteiger partial charge is 0.230 e. The fraction of sp³-hybridized carbons (Fsp3) is 0.421. The summed E-state index contributed by atoms with van der Waals surface area (Å²) in [7, 11) is 0. The van der Waals surface area contributed by atoms with Gasteiger partial charge in [-0.25, -0.2) is 9.97 Å². The zero-order valence-electron chi connectivity index (χ0n) is 15.2. The van der Waals surface area contributed by atoms with E-state index >= 15 is 0 Å². The van der Waals surface area contributed by atoms with Crippen LogP contribution in [0.2, 0.25) is 0 Å². The second-order valence-electron chi connectivity index (χ2n) is 6.45. The van der Waals surface area contributed by atoms with Crippen molar-refractivity contribution in [1.82, 2.24) is 15.3 Å². The third kappa shape index (κ3) is 6.14. The number of carbonyl (C=O) groups is 1. The van der Waals surface area contributed by atoms with Crippen molar-refractivity contribution in [1.29, 1.82) is 0 Å². The number of nitrogens with zero attached hydrogens (tertiary/aromatic N) is 2. The lowest BCUT2D eigenvalue weighted by Crippen LogP contribution is -2.33. The van der Waals surface area contributed by atoms with E-state index in [1.807, 2.05) is 32.0 Å². The fourth-order valence-electron chi connectivity index (χ4n) is 2.41. The highest BCUT2D eigenvalue weighted by Gasteiger charge is 2.10. The molecular weight excluding hydrogens is 332 g/mol. The minimum Gasteiger partial charge on any atom is -0.353 e. The normalized spacial score (nSPS) is 12.2. The highest BCUT2D eigenvalue weighted by Crippen LogP contribution is 2.18. The van der Waals surface area contributed by atoms with Crippen molar-refractivity contribution in [3.05, 3.63) is 52.8 Å². The number of carbonyl (C=O) groups excluding carboxylic acids is 1. The van der Waals surface area contributed by atoms with Gasteiger partial charge in [0.25, 0.3) is 0 Å². The van der Waals surface area contributed by atoms with Crippen LogP contribution in [0, 0.1) is 13.8 Å². The Morgan fingerprint density at radius 3 is 2.24 bits per heavy atom. The summed E-state index contributed by atoms with van der Waals surface area (Å²) in [6.45, 7) is 8.57. The molecule has 25 heavy (non-hydrogen) atoms. The van der Waals surface area contributed by atoms with E-state index in [0.717, 1.165) is 17.0 Å². The Bertz CT molecular complexity index is 696. The molecule has 0 aliphatic rings. The first-order valence-corrected chi connectivity index (χ1v) is 9.41. The summed E-state index contributed by atoms with van der Waals surface area (Å²) in [5.41, 5.74) is 10.3. The van der Waals surface area contributed by atoms with Crippen molar-refractivity contribution >= 4 is 17.7 Å². The van der Waals surface area contributed by atoms with Crippen LogP contribution in [0.3, 0.4) is 0 Å². The molecule has 0 spiro atoms. The Morgan fingerprint density at radius 1 is 1.12 bits per heavy atom. The fourth-order valence-corrected chi connectivity index (χ4v) is 3.19. The largest absolute Gasteiger partial charge is 0.353 e. The maximum Gasteiger partial charge on any atom is 0.230 e. The lowest BCUT2D eigenvalue weighted by atomic mass is 9.99. The molecule has 3 N–H and O–H groups in total. The molecule has 5 nitrogen and oxygen atoms in total. The summed E-state index contributed by atoms with van der Waals surface area (Å²) in [4.78, 5) is 20.7. The summed E-state index contributed by atoms with van der Waals surface area (Å²) in [5, 5.41) is 3.50. The maximum absolute atomic E-state index is 12.0. The molecule has 1 aromatic heterocycles. The van der Waals surface area contributed by atoms with Crippen LogP contribution in [-0.4, -0.2) is 28.2 Å². The van der Waals surface area contributed by atoms with Crippen molar-refractivity contribution in [2.45, 2.75) is 44.8 Å². The van der Waals surface area contributed by atoms with E-state index in [2.05, 4.69) is 41.3 Å². The molecule has 1 aromatic carbocycles. The number of benzene rings is 1. The third-order valence-electron chi connectivity index (χ3n) is 3.84. The number of hydrogen-bond donors (Lipinski definition) is 2. The number of nitrogens with one attached hydrogen (secondary N) is 1. The van der Waals surface area contributed by atoms with Crippen LogP contribution < -0.4 is 11.1 Å². The molecular formula is C19H26N4OS. The van der Waals surface area contributed by atoms with Crippen LogP contribution in [0.5, 0.6) is 0 Å². The molecule has 0 fully saturated rings. The van der Waals surface area contributed by atoms with Gasteiger partial charge in [0, 0.05) is 24.0 Å². The third-order valence-corrected chi connectivity index (χ3v) is 4.69. The Labute approximate surface area is 153 Å². The van der Waals surface area contributed by atoms with Gasteiger partial charge >= 0.3 is 0 Å². The molecule has 0 aliphatic carbocycles. The predicted octanol–water partition coefficient (Wildman–Crippen LogP) is 3.13. The molecule has 1 amide bonds. The van der Waals surface area contributed by atoms with Gasteiger partial charge in [-0.3, -0.25) is 4.79 Å². The molecule has 0 aliphatic heterocycles. The van der Waals surface area contributed by atoms with E-state index in [9.17, 15) is 4.79 Å². The van der Waals surface area contributed by atoms with Crippen molar-refractivity contribution in [3.63, 3.8) is 0 Å². The van der Waals surface area contributed by atoms with Crippen LogP contribution in [0.4, 0.5) is 0 Å². The van der Waals surface area contributed by atoms with Gasteiger partial charge in [-0.15, -0.1) is 0 Å². The lowest BCUT2D eigenvalue weighted by Gasteiger charge is -2.14. The van der Waals surface area contributed by atoms with E-state index in [1.54, 1.807) is 0 Å². The van der Waals surface area contributed by atoms with Gasteiger partial charge in [-0.2, -0.15) is 0 Å². The van der Waals surface area contributed by atoms with Gasteiger partial charge in [0.15, 0.2) is 5.16 Å². The second kappa shape index (κ2) is 8.97. The van der Waals surface area contributed by atoms with Gasteiger partial charge in [-0.1, -0.05) is 49.9 Å². The van der Waals surface area contributed by atoms with Gasteiger partial charge in [0.2, 0.25) is 5.91 Å².